The van der Waals surface area contributed by atoms with Crippen LogP contribution in [0.3, 0.4) is 0 Å². The Bertz CT molecular complexity index is 655. The van der Waals surface area contributed by atoms with Gasteiger partial charge in [0, 0.05) is 12.0 Å². The third kappa shape index (κ3) is 4.02. The lowest BCUT2D eigenvalue weighted by Gasteiger charge is -2.13. The molecule has 1 aromatic carbocycles. The van der Waals surface area contributed by atoms with Gasteiger partial charge in [-0.05, 0) is 18.1 Å². The Kier molecular flexibility index (Phi) is 5.86. The van der Waals surface area contributed by atoms with Crippen LogP contribution in [0.4, 0.5) is 5.82 Å². The summed E-state index contributed by atoms with van der Waals surface area (Å²) < 4.78 is 1.70. The fraction of sp³-hybridized carbons (Fsp3) is 0.375. The van der Waals surface area contributed by atoms with Crippen molar-refractivity contribution in [1.29, 1.82) is 0 Å². The first kappa shape index (κ1) is 16.8. The Morgan fingerprint density at radius 2 is 2.14 bits per heavy atom. The molecule has 1 aromatic heterocycles. The lowest BCUT2D eigenvalue weighted by Crippen LogP contribution is -2.22. The Morgan fingerprint density at radius 1 is 1.36 bits per heavy atom. The zero-order chi connectivity index (χ0) is 16.1. The summed E-state index contributed by atoms with van der Waals surface area (Å²) >= 11 is 12.2. The van der Waals surface area contributed by atoms with E-state index < -0.39 is 0 Å². The molecule has 1 amide bonds. The molecule has 0 saturated heterocycles. The molecular weight excluding hydrogens is 321 g/mol. The fourth-order valence-corrected chi connectivity index (χ4v) is 2.59. The summed E-state index contributed by atoms with van der Waals surface area (Å²) in [6, 6.07) is 7.25. The normalized spacial score (nSPS) is 12.2. The summed E-state index contributed by atoms with van der Waals surface area (Å²) in [6.07, 6.45) is 3.49. The molecule has 2 aromatic rings. The molecule has 22 heavy (non-hydrogen) atoms. The van der Waals surface area contributed by atoms with Crippen molar-refractivity contribution in [2.24, 2.45) is 5.92 Å². The van der Waals surface area contributed by atoms with Crippen LogP contribution in [0.25, 0.3) is 0 Å². The number of amides is 1. The highest BCUT2D eigenvalue weighted by molar-refractivity contribution is 6.42. The number of rotatable bonds is 6. The number of carbonyl (C=O) groups is 1. The molecule has 0 aliphatic rings. The number of nitrogens with zero attached hydrogens (tertiary/aromatic N) is 2. The Morgan fingerprint density at radius 3 is 2.86 bits per heavy atom. The fourth-order valence-electron chi connectivity index (χ4n) is 2.21. The molecule has 1 heterocycles. The number of nitrogens with one attached hydrogen (secondary N) is 1. The highest BCUT2D eigenvalue weighted by Crippen LogP contribution is 2.26. The Balaban J connectivity index is 2.13. The van der Waals surface area contributed by atoms with Crippen molar-refractivity contribution >= 4 is 34.9 Å². The molecule has 0 aliphatic carbocycles. The number of hydrogen-bond donors (Lipinski definition) is 1. The van der Waals surface area contributed by atoms with E-state index in [-0.39, 0.29) is 11.8 Å². The maximum Gasteiger partial charge on any atom is 0.228 e. The quantitative estimate of drug-likeness (QED) is 0.834. The molecule has 4 nitrogen and oxygen atoms in total. The molecule has 0 spiro atoms. The summed E-state index contributed by atoms with van der Waals surface area (Å²) in [5, 5.41) is 8.17. The molecule has 0 saturated carbocycles. The lowest BCUT2D eigenvalue weighted by atomic mass is 10.1. The van der Waals surface area contributed by atoms with Gasteiger partial charge in [0.25, 0.3) is 0 Å². The molecule has 1 N–H and O–H groups in total. The molecular formula is C16H19Cl2N3O. The summed E-state index contributed by atoms with van der Waals surface area (Å²) in [5.74, 6) is 0.632. The summed E-state index contributed by atoms with van der Waals surface area (Å²) in [5.41, 5.74) is 0.856. The van der Waals surface area contributed by atoms with Crippen LogP contribution in [-0.2, 0) is 11.3 Å². The number of aromatic nitrogens is 2. The molecule has 6 heteroatoms. The van der Waals surface area contributed by atoms with Crippen molar-refractivity contribution in [3.63, 3.8) is 0 Å². The third-order valence-corrected chi connectivity index (χ3v) is 4.35. The van der Waals surface area contributed by atoms with Crippen LogP contribution in [0, 0.1) is 5.92 Å². The Hall–Kier alpha value is -1.52. The highest BCUT2D eigenvalue weighted by Gasteiger charge is 2.15. The predicted molar refractivity (Wildman–Crippen MR) is 90.5 cm³/mol. The zero-order valence-corrected chi connectivity index (χ0v) is 14.2. The summed E-state index contributed by atoms with van der Waals surface area (Å²) in [6.45, 7) is 4.44. The van der Waals surface area contributed by atoms with Gasteiger partial charge in [-0.1, -0.05) is 55.6 Å². The van der Waals surface area contributed by atoms with Gasteiger partial charge in [0.2, 0.25) is 5.91 Å². The van der Waals surface area contributed by atoms with Crippen LogP contribution in [0.15, 0.2) is 30.5 Å². The number of carbonyl (C=O) groups excluding carboxylic acids is 1. The maximum absolute atomic E-state index is 12.1. The minimum absolute atomic E-state index is 0.000732. The minimum atomic E-state index is -0.0249. The van der Waals surface area contributed by atoms with E-state index in [9.17, 15) is 4.79 Å². The molecule has 0 aliphatic heterocycles. The van der Waals surface area contributed by atoms with Crippen molar-refractivity contribution in [3.8, 4) is 0 Å². The van der Waals surface area contributed by atoms with Crippen molar-refractivity contribution in [2.45, 2.75) is 33.2 Å². The van der Waals surface area contributed by atoms with Crippen molar-refractivity contribution < 1.29 is 4.79 Å². The van der Waals surface area contributed by atoms with Gasteiger partial charge in [-0.3, -0.25) is 4.79 Å². The molecule has 0 fully saturated rings. The number of anilines is 1. The van der Waals surface area contributed by atoms with Crippen LogP contribution in [0.1, 0.15) is 32.3 Å². The van der Waals surface area contributed by atoms with E-state index in [4.69, 9.17) is 23.2 Å². The van der Waals surface area contributed by atoms with Crippen LogP contribution >= 0.6 is 23.2 Å². The summed E-state index contributed by atoms with van der Waals surface area (Å²) in [4.78, 5) is 12.1. The largest absolute Gasteiger partial charge is 0.311 e. The van der Waals surface area contributed by atoms with Crippen molar-refractivity contribution in [1.82, 2.24) is 9.78 Å². The number of benzene rings is 1. The smallest absolute Gasteiger partial charge is 0.228 e. The first-order valence-electron chi connectivity index (χ1n) is 7.28. The monoisotopic (exact) mass is 339 g/mol. The number of hydrogen-bond acceptors (Lipinski definition) is 2. The summed E-state index contributed by atoms with van der Waals surface area (Å²) in [7, 11) is 0. The molecule has 1 atom stereocenters. The predicted octanol–water partition coefficient (Wildman–Crippen LogP) is 4.61. The topological polar surface area (TPSA) is 46.9 Å². The van der Waals surface area contributed by atoms with Crippen LogP contribution < -0.4 is 5.32 Å². The van der Waals surface area contributed by atoms with E-state index in [1.54, 1.807) is 23.0 Å². The van der Waals surface area contributed by atoms with Crippen LogP contribution in [0.5, 0.6) is 0 Å². The van der Waals surface area contributed by atoms with E-state index in [1.165, 1.54) is 0 Å². The Labute approximate surface area is 140 Å². The van der Waals surface area contributed by atoms with E-state index in [0.29, 0.717) is 22.4 Å². The van der Waals surface area contributed by atoms with E-state index in [1.807, 2.05) is 19.1 Å². The molecule has 118 valence electrons. The van der Waals surface area contributed by atoms with E-state index in [0.717, 1.165) is 18.4 Å². The second-order valence-corrected chi connectivity index (χ2v) is 6.05. The van der Waals surface area contributed by atoms with Gasteiger partial charge in [-0.2, -0.15) is 5.10 Å². The second-order valence-electron chi connectivity index (χ2n) is 5.27. The molecule has 0 bridgehead atoms. The number of halogens is 2. The lowest BCUT2D eigenvalue weighted by molar-refractivity contribution is -0.119. The van der Waals surface area contributed by atoms with Crippen molar-refractivity contribution in [3.05, 3.63) is 46.1 Å². The van der Waals surface area contributed by atoms with Gasteiger partial charge in [0.1, 0.15) is 5.82 Å². The van der Waals surface area contributed by atoms with Gasteiger partial charge >= 0.3 is 0 Å². The average Bonchev–Trinajstić information content (AvgIpc) is 2.91. The highest BCUT2D eigenvalue weighted by atomic mass is 35.5. The average molecular weight is 340 g/mol. The standard InChI is InChI=1S/C16H19Cl2N3O/c1-3-5-11(2)16(22)20-14-8-9-19-21(14)10-12-6-4-7-13(17)15(12)18/h4,6-9,11H,3,5,10H2,1-2H3,(H,20,22). The van der Waals surface area contributed by atoms with Gasteiger partial charge in [0.05, 0.1) is 22.8 Å². The zero-order valence-electron chi connectivity index (χ0n) is 12.6. The van der Waals surface area contributed by atoms with Crippen molar-refractivity contribution in [2.75, 3.05) is 5.32 Å². The van der Waals surface area contributed by atoms with Gasteiger partial charge in [-0.15, -0.1) is 0 Å². The van der Waals surface area contributed by atoms with Gasteiger partial charge in [-0.25, -0.2) is 4.68 Å². The van der Waals surface area contributed by atoms with E-state index in [2.05, 4.69) is 17.3 Å². The molecule has 2 rings (SSSR count). The maximum atomic E-state index is 12.1. The second kappa shape index (κ2) is 7.65. The third-order valence-electron chi connectivity index (χ3n) is 3.49. The van der Waals surface area contributed by atoms with E-state index >= 15 is 0 Å². The van der Waals surface area contributed by atoms with Gasteiger partial charge < -0.3 is 5.32 Å². The molecule has 0 radical (unpaired) electrons. The van der Waals surface area contributed by atoms with Gasteiger partial charge in [0.15, 0.2) is 0 Å². The first-order chi connectivity index (χ1) is 10.5. The first-order valence-corrected chi connectivity index (χ1v) is 8.04. The SMILES string of the molecule is CCCC(C)C(=O)Nc1ccnn1Cc1cccc(Cl)c1Cl. The van der Waals surface area contributed by atoms with Crippen LogP contribution in [0.2, 0.25) is 10.0 Å². The van der Waals surface area contributed by atoms with Crippen LogP contribution in [-0.4, -0.2) is 15.7 Å². The molecule has 1 unspecified atom stereocenters. The minimum Gasteiger partial charge on any atom is -0.311 e.